The Labute approximate surface area is 127 Å². The highest BCUT2D eigenvalue weighted by atomic mass is 16.2. The number of likely N-dealkylation sites (tertiary alicyclic amines) is 1. The van der Waals surface area contributed by atoms with Crippen LogP contribution in [0.2, 0.25) is 0 Å². The highest BCUT2D eigenvalue weighted by Gasteiger charge is 2.20. The molecule has 1 saturated heterocycles. The summed E-state index contributed by atoms with van der Waals surface area (Å²) in [5, 5.41) is 3.50. The zero-order valence-electron chi connectivity index (χ0n) is 12.8. The second-order valence-electron chi connectivity index (χ2n) is 6.33. The van der Waals surface area contributed by atoms with Crippen LogP contribution in [0.5, 0.6) is 0 Å². The van der Waals surface area contributed by atoms with Crippen LogP contribution < -0.4 is 5.32 Å². The van der Waals surface area contributed by atoms with Crippen molar-refractivity contribution in [2.24, 2.45) is 0 Å². The lowest BCUT2D eigenvalue weighted by Gasteiger charge is -2.25. The minimum atomic E-state index is 0.323. The molecule has 1 aliphatic heterocycles. The van der Waals surface area contributed by atoms with E-state index in [1.54, 1.807) is 0 Å². The van der Waals surface area contributed by atoms with Crippen LogP contribution in [-0.4, -0.2) is 37.0 Å². The number of benzene rings is 1. The molecule has 1 fully saturated rings. The summed E-state index contributed by atoms with van der Waals surface area (Å²) >= 11 is 0. The summed E-state index contributed by atoms with van der Waals surface area (Å²) in [5.41, 5.74) is 3.03. The largest absolute Gasteiger partial charge is 0.343 e. The summed E-state index contributed by atoms with van der Waals surface area (Å²) in [6, 6.07) is 8.83. The summed E-state index contributed by atoms with van der Waals surface area (Å²) in [6.45, 7) is 3.75. The molecule has 0 spiro atoms. The number of aryl methyl sites for hydroxylation is 1. The highest BCUT2D eigenvalue weighted by molar-refractivity contribution is 5.76. The molecule has 0 aromatic heterocycles. The smallest absolute Gasteiger partial charge is 0.223 e. The molecule has 21 heavy (non-hydrogen) atoms. The molecule has 3 rings (SSSR count). The Bertz CT molecular complexity index is 480. The van der Waals surface area contributed by atoms with Crippen LogP contribution in [0, 0.1) is 0 Å². The van der Waals surface area contributed by atoms with Gasteiger partial charge >= 0.3 is 0 Å². The molecular formula is C18H26N2O. The second kappa shape index (κ2) is 7.08. The van der Waals surface area contributed by atoms with Crippen molar-refractivity contribution in [1.82, 2.24) is 10.2 Å². The predicted molar refractivity (Wildman–Crippen MR) is 85.4 cm³/mol. The van der Waals surface area contributed by atoms with Gasteiger partial charge in [0.05, 0.1) is 0 Å². The van der Waals surface area contributed by atoms with Gasteiger partial charge in [0, 0.05) is 32.6 Å². The van der Waals surface area contributed by atoms with E-state index in [1.165, 1.54) is 43.2 Å². The summed E-state index contributed by atoms with van der Waals surface area (Å²) in [6.07, 6.45) is 6.78. The maximum atomic E-state index is 12.0. The minimum Gasteiger partial charge on any atom is -0.343 e. The van der Waals surface area contributed by atoms with Crippen LogP contribution in [0.1, 0.15) is 49.1 Å². The molecule has 3 heteroatoms. The molecule has 1 heterocycles. The molecule has 1 N–H and O–H groups in total. The van der Waals surface area contributed by atoms with E-state index in [1.807, 2.05) is 4.90 Å². The van der Waals surface area contributed by atoms with Gasteiger partial charge in [0.25, 0.3) is 0 Å². The van der Waals surface area contributed by atoms with Crippen LogP contribution in [0.3, 0.4) is 0 Å². The molecule has 1 aliphatic carbocycles. The molecule has 0 bridgehead atoms. The number of carbonyl (C=O) groups is 1. The van der Waals surface area contributed by atoms with Crippen LogP contribution >= 0.6 is 0 Å². The van der Waals surface area contributed by atoms with Gasteiger partial charge in [-0.25, -0.2) is 0 Å². The first-order valence-corrected chi connectivity index (χ1v) is 8.41. The van der Waals surface area contributed by atoms with Crippen molar-refractivity contribution in [3.05, 3.63) is 35.4 Å². The van der Waals surface area contributed by atoms with Gasteiger partial charge in [-0.2, -0.15) is 0 Å². The molecule has 1 atom stereocenters. The fourth-order valence-corrected chi connectivity index (χ4v) is 3.66. The lowest BCUT2D eigenvalue weighted by Crippen LogP contribution is -2.32. The molecule has 114 valence electrons. The Morgan fingerprint density at radius 1 is 1.19 bits per heavy atom. The van der Waals surface area contributed by atoms with Gasteiger partial charge in [-0.1, -0.05) is 24.3 Å². The number of fused-ring (bicyclic) bond motifs is 1. The van der Waals surface area contributed by atoms with E-state index in [2.05, 4.69) is 29.6 Å². The quantitative estimate of drug-likeness (QED) is 0.844. The number of nitrogens with one attached hydrogen (secondary N) is 1. The summed E-state index contributed by atoms with van der Waals surface area (Å²) < 4.78 is 0. The van der Waals surface area contributed by atoms with Gasteiger partial charge in [0.2, 0.25) is 5.91 Å². The molecule has 1 unspecified atom stereocenters. The number of amides is 1. The van der Waals surface area contributed by atoms with E-state index in [0.717, 1.165) is 26.2 Å². The van der Waals surface area contributed by atoms with Crippen LogP contribution in [0.25, 0.3) is 0 Å². The zero-order chi connectivity index (χ0) is 14.5. The average Bonchev–Trinajstić information content (AvgIpc) is 3.06. The second-order valence-corrected chi connectivity index (χ2v) is 6.33. The van der Waals surface area contributed by atoms with E-state index in [0.29, 0.717) is 18.2 Å². The van der Waals surface area contributed by atoms with E-state index < -0.39 is 0 Å². The number of rotatable bonds is 5. The Balaban J connectivity index is 1.43. The Morgan fingerprint density at radius 2 is 2.00 bits per heavy atom. The van der Waals surface area contributed by atoms with Crippen molar-refractivity contribution < 1.29 is 4.79 Å². The molecule has 1 amide bonds. The first-order valence-electron chi connectivity index (χ1n) is 8.41. The first kappa shape index (κ1) is 14.6. The third-order valence-corrected chi connectivity index (χ3v) is 4.86. The predicted octanol–water partition coefficient (Wildman–Crippen LogP) is 2.71. The molecule has 1 aromatic carbocycles. The molecular weight excluding hydrogens is 260 g/mol. The Hall–Kier alpha value is -1.35. The normalized spacial score (nSPS) is 21.3. The highest BCUT2D eigenvalue weighted by Crippen LogP contribution is 2.30. The van der Waals surface area contributed by atoms with E-state index in [4.69, 9.17) is 0 Å². The third kappa shape index (κ3) is 3.65. The lowest BCUT2D eigenvalue weighted by atomic mass is 9.83. The lowest BCUT2D eigenvalue weighted by molar-refractivity contribution is -0.130. The molecule has 0 radical (unpaired) electrons. The van der Waals surface area contributed by atoms with Gasteiger partial charge in [0.15, 0.2) is 0 Å². The van der Waals surface area contributed by atoms with Crippen molar-refractivity contribution in [1.29, 1.82) is 0 Å². The minimum absolute atomic E-state index is 0.323. The Kier molecular flexibility index (Phi) is 4.91. The van der Waals surface area contributed by atoms with Crippen molar-refractivity contribution >= 4 is 5.91 Å². The average molecular weight is 286 g/mol. The van der Waals surface area contributed by atoms with Gasteiger partial charge in [-0.05, 0) is 49.1 Å². The van der Waals surface area contributed by atoms with Gasteiger partial charge < -0.3 is 10.2 Å². The zero-order valence-corrected chi connectivity index (χ0v) is 12.8. The molecule has 3 nitrogen and oxygen atoms in total. The fraction of sp³-hybridized carbons (Fsp3) is 0.611. The van der Waals surface area contributed by atoms with Gasteiger partial charge in [0.1, 0.15) is 0 Å². The van der Waals surface area contributed by atoms with E-state index in [9.17, 15) is 4.79 Å². The van der Waals surface area contributed by atoms with Crippen LogP contribution in [0.4, 0.5) is 0 Å². The van der Waals surface area contributed by atoms with Crippen molar-refractivity contribution in [3.63, 3.8) is 0 Å². The fourth-order valence-electron chi connectivity index (χ4n) is 3.66. The van der Waals surface area contributed by atoms with E-state index in [-0.39, 0.29) is 0 Å². The Morgan fingerprint density at radius 3 is 2.86 bits per heavy atom. The third-order valence-electron chi connectivity index (χ3n) is 4.86. The number of hydrogen-bond acceptors (Lipinski definition) is 2. The number of hydrogen-bond donors (Lipinski definition) is 1. The standard InChI is InChI=1S/C18H26N2O/c21-18(20-12-3-4-13-20)10-11-19-14-16-8-5-7-15-6-1-2-9-17(15)16/h1-2,6,9,16,19H,3-5,7-8,10-14H2. The van der Waals surface area contributed by atoms with E-state index >= 15 is 0 Å². The number of carbonyl (C=O) groups excluding carboxylic acids is 1. The topological polar surface area (TPSA) is 32.3 Å². The maximum absolute atomic E-state index is 12.0. The van der Waals surface area contributed by atoms with Crippen molar-refractivity contribution in [2.45, 2.75) is 44.4 Å². The van der Waals surface area contributed by atoms with Crippen molar-refractivity contribution in [2.75, 3.05) is 26.2 Å². The van der Waals surface area contributed by atoms with Gasteiger partial charge in [-0.3, -0.25) is 4.79 Å². The molecule has 0 saturated carbocycles. The van der Waals surface area contributed by atoms with Crippen molar-refractivity contribution in [3.8, 4) is 0 Å². The maximum Gasteiger partial charge on any atom is 0.223 e. The van der Waals surface area contributed by atoms with Crippen LogP contribution in [0.15, 0.2) is 24.3 Å². The van der Waals surface area contributed by atoms with Gasteiger partial charge in [-0.15, -0.1) is 0 Å². The summed E-state index contributed by atoms with van der Waals surface area (Å²) in [4.78, 5) is 14.0. The molecule has 1 aromatic rings. The molecule has 2 aliphatic rings. The summed E-state index contributed by atoms with van der Waals surface area (Å²) in [7, 11) is 0. The summed E-state index contributed by atoms with van der Waals surface area (Å²) in [5.74, 6) is 0.945. The SMILES string of the molecule is O=C(CCNCC1CCCc2ccccc21)N1CCCC1. The van der Waals surface area contributed by atoms with Crippen LogP contribution in [-0.2, 0) is 11.2 Å². The first-order chi connectivity index (χ1) is 10.3. The monoisotopic (exact) mass is 286 g/mol. The number of nitrogens with zero attached hydrogens (tertiary/aromatic N) is 1.